The van der Waals surface area contributed by atoms with Gasteiger partial charge in [0, 0.05) is 6.54 Å². The number of nitrogens with zero attached hydrogens (tertiary/aromatic N) is 1. The largest absolute Gasteiger partial charge is 0.478 e. The van der Waals surface area contributed by atoms with Gasteiger partial charge in [0.1, 0.15) is 5.82 Å². The predicted molar refractivity (Wildman–Crippen MR) is 78.9 cm³/mol. The molecule has 2 rings (SSSR count). The topological polar surface area (TPSA) is 88.2 Å². The second kappa shape index (κ2) is 6.56. The molecule has 0 unspecified atom stereocenters. The third kappa shape index (κ3) is 3.71. The quantitative estimate of drug-likeness (QED) is 0.702. The maximum absolute atomic E-state index is 11.0. The number of aromatic carboxylic acids is 1. The number of benzene rings is 1. The second-order valence-electron chi connectivity index (χ2n) is 4.48. The average Bonchev–Trinajstić information content (AvgIpc) is 2.46. The van der Waals surface area contributed by atoms with E-state index in [1.165, 1.54) is 17.8 Å². The average molecular weight is 271 g/mol. The summed E-state index contributed by atoms with van der Waals surface area (Å²) in [6.07, 6.45) is 3.27. The van der Waals surface area contributed by atoms with E-state index in [1.54, 1.807) is 0 Å². The Balaban J connectivity index is 1.85. The number of hydrogen-bond acceptors (Lipinski definition) is 4. The van der Waals surface area contributed by atoms with Crippen LogP contribution in [0.15, 0.2) is 42.6 Å². The van der Waals surface area contributed by atoms with Crippen LogP contribution in [0.2, 0.25) is 0 Å². The summed E-state index contributed by atoms with van der Waals surface area (Å²) >= 11 is 0. The molecule has 104 valence electrons. The molecular weight excluding hydrogens is 254 g/mol. The molecule has 0 bridgehead atoms. The van der Waals surface area contributed by atoms with Gasteiger partial charge in [0.2, 0.25) is 0 Å². The molecule has 4 N–H and O–H groups in total. The lowest BCUT2D eigenvalue weighted by Crippen LogP contribution is -2.08. The number of carboxylic acid groups (broad SMARTS) is 1. The summed E-state index contributed by atoms with van der Waals surface area (Å²) in [5, 5.41) is 12.1. The van der Waals surface area contributed by atoms with E-state index in [4.69, 9.17) is 10.8 Å². The number of rotatable bonds is 6. The van der Waals surface area contributed by atoms with Gasteiger partial charge < -0.3 is 16.2 Å². The number of carbonyl (C=O) groups is 1. The molecule has 1 aromatic heterocycles. The summed E-state index contributed by atoms with van der Waals surface area (Å²) in [6.45, 7) is 0.727. The van der Waals surface area contributed by atoms with Crippen LogP contribution in [-0.2, 0) is 6.42 Å². The van der Waals surface area contributed by atoms with Crippen molar-refractivity contribution in [1.29, 1.82) is 0 Å². The van der Waals surface area contributed by atoms with Gasteiger partial charge in [-0.25, -0.2) is 9.78 Å². The lowest BCUT2D eigenvalue weighted by Gasteiger charge is -2.07. The SMILES string of the molecule is Nc1cnc(NCCCc2ccccc2)cc1C(=O)O. The lowest BCUT2D eigenvalue weighted by molar-refractivity contribution is 0.0698. The van der Waals surface area contributed by atoms with Crippen LogP contribution in [0.3, 0.4) is 0 Å². The van der Waals surface area contributed by atoms with Gasteiger partial charge >= 0.3 is 5.97 Å². The first-order chi connectivity index (χ1) is 9.66. The van der Waals surface area contributed by atoms with Crippen LogP contribution >= 0.6 is 0 Å². The maximum Gasteiger partial charge on any atom is 0.337 e. The minimum absolute atomic E-state index is 0.0746. The molecule has 5 nitrogen and oxygen atoms in total. The van der Waals surface area contributed by atoms with E-state index in [-0.39, 0.29) is 11.3 Å². The lowest BCUT2D eigenvalue weighted by atomic mass is 10.1. The number of carboxylic acids is 1. The van der Waals surface area contributed by atoms with Gasteiger partial charge in [0.05, 0.1) is 17.4 Å². The van der Waals surface area contributed by atoms with Gasteiger partial charge in [-0.15, -0.1) is 0 Å². The van der Waals surface area contributed by atoms with Crippen LogP contribution in [0.25, 0.3) is 0 Å². The zero-order valence-corrected chi connectivity index (χ0v) is 11.0. The van der Waals surface area contributed by atoms with Gasteiger partial charge in [-0.2, -0.15) is 0 Å². The molecule has 0 saturated heterocycles. The Kier molecular flexibility index (Phi) is 4.55. The second-order valence-corrected chi connectivity index (χ2v) is 4.48. The number of nitrogen functional groups attached to an aromatic ring is 1. The molecule has 0 aliphatic heterocycles. The first-order valence-electron chi connectivity index (χ1n) is 6.43. The van der Waals surface area contributed by atoms with Crippen LogP contribution < -0.4 is 11.1 Å². The number of nitrogens with two attached hydrogens (primary N) is 1. The fourth-order valence-corrected chi connectivity index (χ4v) is 1.90. The van der Waals surface area contributed by atoms with E-state index in [9.17, 15) is 4.79 Å². The van der Waals surface area contributed by atoms with E-state index in [0.717, 1.165) is 19.4 Å². The Labute approximate surface area is 117 Å². The first-order valence-corrected chi connectivity index (χ1v) is 6.43. The van der Waals surface area contributed by atoms with Crippen LogP contribution in [0.5, 0.6) is 0 Å². The highest BCUT2D eigenvalue weighted by molar-refractivity contribution is 5.94. The fourth-order valence-electron chi connectivity index (χ4n) is 1.90. The Morgan fingerprint density at radius 3 is 2.75 bits per heavy atom. The zero-order valence-electron chi connectivity index (χ0n) is 11.0. The van der Waals surface area contributed by atoms with Crippen LogP contribution in [0.1, 0.15) is 22.3 Å². The maximum atomic E-state index is 11.0. The van der Waals surface area contributed by atoms with Crippen LogP contribution in [0, 0.1) is 0 Å². The van der Waals surface area contributed by atoms with Crippen molar-refractivity contribution in [3.05, 3.63) is 53.7 Å². The normalized spacial score (nSPS) is 10.2. The summed E-state index contributed by atoms with van der Waals surface area (Å²) in [5.41, 5.74) is 7.08. The molecule has 1 aromatic carbocycles. The van der Waals surface area contributed by atoms with Crippen molar-refractivity contribution >= 4 is 17.5 Å². The highest BCUT2D eigenvalue weighted by atomic mass is 16.4. The third-order valence-electron chi connectivity index (χ3n) is 2.96. The van der Waals surface area contributed by atoms with Crippen molar-refractivity contribution in [2.75, 3.05) is 17.6 Å². The molecule has 0 saturated carbocycles. The van der Waals surface area contributed by atoms with Gasteiger partial charge in [-0.1, -0.05) is 30.3 Å². The molecule has 0 radical (unpaired) electrons. The number of aryl methyl sites for hydroxylation is 1. The van der Waals surface area contributed by atoms with Crippen molar-refractivity contribution < 1.29 is 9.90 Å². The molecule has 0 aliphatic rings. The summed E-state index contributed by atoms with van der Waals surface area (Å²) in [7, 11) is 0. The number of pyridine rings is 1. The molecular formula is C15H17N3O2. The van der Waals surface area contributed by atoms with E-state index in [2.05, 4.69) is 22.4 Å². The van der Waals surface area contributed by atoms with Crippen molar-refractivity contribution in [2.45, 2.75) is 12.8 Å². The van der Waals surface area contributed by atoms with Gasteiger partial charge in [-0.05, 0) is 24.5 Å². The number of nitrogens with one attached hydrogen (secondary N) is 1. The summed E-state index contributed by atoms with van der Waals surface area (Å²) in [5.74, 6) is -0.512. The van der Waals surface area contributed by atoms with Crippen molar-refractivity contribution in [3.8, 4) is 0 Å². The van der Waals surface area contributed by atoms with Crippen molar-refractivity contribution in [1.82, 2.24) is 4.98 Å². The Bertz CT molecular complexity index is 585. The van der Waals surface area contributed by atoms with E-state index in [1.807, 2.05) is 18.2 Å². The standard InChI is InChI=1S/C15H17N3O2/c16-13-10-18-14(9-12(13)15(19)20)17-8-4-7-11-5-2-1-3-6-11/h1-3,5-6,9-10H,4,7-8,16H2,(H,17,18)(H,19,20). The first kappa shape index (κ1) is 13.9. The molecule has 1 heterocycles. The zero-order chi connectivity index (χ0) is 14.4. The van der Waals surface area contributed by atoms with Gasteiger partial charge in [-0.3, -0.25) is 0 Å². The highest BCUT2D eigenvalue weighted by Gasteiger charge is 2.09. The van der Waals surface area contributed by atoms with Crippen LogP contribution in [0.4, 0.5) is 11.5 Å². The molecule has 0 fully saturated rings. The highest BCUT2D eigenvalue weighted by Crippen LogP contribution is 2.14. The number of hydrogen-bond donors (Lipinski definition) is 3. The Morgan fingerprint density at radius 1 is 1.30 bits per heavy atom. The fraction of sp³-hybridized carbons (Fsp3) is 0.200. The van der Waals surface area contributed by atoms with Crippen molar-refractivity contribution in [3.63, 3.8) is 0 Å². The Morgan fingerprint density at radius 2 is 2.05 bits per heavy atom. The third-order valence-corrected chi connectivity index (χ3v) is 2.96. The van der Waals surface area contributed by atoms with Crippen molar-refractivity contribution in [2.24, 2.45) is 0 Å². The minimum Gasteiger partial charge on any atom is -0.478 e. The molecule has 0 atom stereocenters. The Hall–Kier alpha value is -2.56. The molecule has 0 spiro atoms. The van der Waals surface area contributed by atoms with Gasteiger partial charge in [0.15, 0.2) is 0 Å². The summed E-state index contributed by atoms with van der Waals surface area (Å²) in [4.78, 5) is 15.0. The predicted octanol–water partition coefficient (Wildman–Crippen LogP) is 2.41. The molecule has 0 aliphatic carbocycles. The van der Waals surface area contributed by atoms with E-state index < -0.39 is 5.97 Å². The smallest absolute Gasteiger partial charge is 0.337 e. The number of aromatic nitrogens is 1. The number of anilines is 2. The van der Waals surface area contributed by atoms with E-state index in [0.29, 0.717) is 5.82 Å². The molecule has 5 heteroatoms. The summed E-state index contributed by atoms with van der Waals surface area (Å²) < 4.78 is 0. The molecule has 0 amide bonds. The van der Waals surface area contributed by atoms with E-state index >= 15 is 0 Å². The monoisotopic (exact) mass is 271 g/mol. The molecule has 2 aromatic rings. The minimum atomic E-state index is -1.04. The summed E-state index contributed by atoms with van der Waals surface area (Å²) in [6, 6.07) is 11.7. The van der Waals surface area contributed by atoms with Crippen LogP contribution in [-0.4, -0.2) is 22.6 Å². The van der Waals surface area contributed by atoms with Gasteiger partial charge in [0.25, 0.3) is 0 Å². The molecule has 20 heavy (non-hydrogen) atoms.